The summed E-state index contributed by atoms with van der Waals surface area (Å²) >= 11 is 9.07. The number of hydrogen-bond acceptors (Lipinski definition) is 4. The van der Waals surface area contributed by atoms with Gasteiger partial charge in [-0.05, 0) is 63.8 Å². The van der Waals surface area contributed by atoms with Crippen LogP contribution in [0.5, 0.6) is 5.75 Å². The van der Waals surface area contributed by atoms with E-state index in [-0.39, 0.29) is 0 Å². The van der Waals surface area contributed by atoms with Crippen LogP contribution in [0.3, 0.4) is 0 Å². The average Bonchev–Trinajstić information content (AvgIpc) is 2.42. The van der Waals surface area contributed by atoms with E-state index in [1.807, 2.05) is 44.7 Å². The van der Waals surface area contributed by atoms with Crippen LogP contribution >= 0.6 is 24.4 Å². The van der Waals surface area contributed by atoms with Crippen LogP contribution in [-0.2, 0) is 11.3 Å². The van der Waals surface area contributed by atoms with E-state index in [1.165, 1.54) is 0 Å². The molecule has 0 aliphatic carbocycles. The highest BCUT2D eigenvalue weighted by molar-refractivity contribution is 7.80. The molecule has 0 saturated heterocycles. The van der Waals surface area contributed by atoms with Crippen molar-refractivity contribution in [2.45, 2.75) is 34.3 Å². The Morgan fingerprint density at radius 2 is 1.73 bits per heavy atom. The van der Waals surface area contributed by atoms with E-state index in [1.54, 1.807) is 0 Å². The second kappa shape index (κ2) is 10.2. The number of nitrogens with two attached hydrogens (primary N) is 1. The van der Waals surface area contributed by atoms with Crippen LogP contribution in [0.2, 0.25) is 0 Å². The molecular weight excluding hydrogens is 320 g/mol. The first-order chi connectivity index (χ1) is 10.2. The predicted molar refractivity (Wildman–Crippen MR) is 97.3 cm³/mol. The van der Waals surface area contributed by atoms with E-state index in [4.69, 9.17) is 22.1 Å². The summed E-state index contributed by atoms with van der Waals surface area (Å²) in [6.07, 6.45) is 0. The van der Waals surface area contributed by atoms with Crippen molar-refractivity contribution in [1.82, 2.24) is 4.90 Å². The SMILES string of the molecule is CCN(CC)C(=S)OCc1cc(C)cc(C)c1O.NC(O)=S. The Morgan fingerprint density at radius 1 is 1.23 bits per heavy atom. The number of aliphatic hydroxyl groups is 1. The standard InChI is InChI=1S/C14H21NO2S.CH3NOS/c1-5-15(6-2)14(18)17-9-12-8-10(3)7-11(4)13(12)16;2-1(3)4/h7-8,16H,5-6,9H2,1-4H3;(H3,2,3,4). The van der Waals surface area contributed by atoms with Gasteiger partial charge < -0.3 is 25.6 Å². The van der Waals surface area contributed by atoms with Gasteiger partial charge in [-0.3, -0.25) is 0 Å². The van der Waals surface area contributed by atoms with Crippen molar-refractivity contribution in [2.24, 2.45) is 5.73 Å². The van der Waals surface area contributed by atoms with E-state index in [9.17, 15) is 5.11 Å². The molecule has 0 unspecified atom stereocenters. The lowest BCUT2D eigenvalue weighted by atomic mass is 10.1. The number of rotatable bonds is 4. The summed E-state index contributed by atoms with van der Waals surface area (Å²) in [7, 11) is 0. The van der Waals surface area contributed by atoms with Gasteiger partial charge >= 0.3 is 0 Å². The summed E-state index contributed by atoms with van der Waals surface area (Å²) in [6.45, 7) is 9.92. The molecule has 1 aromatic rings. The predicted octanol–water partition coefficient (Wildman–Crippen LogP) is 2.94. The third kappa shape index (κ3) is 7.42. The number of aryl methyl sites for hydroxylation is 2. The van der Waals surface area contributed by atoms with Gasteiger partial charge in [0.1, 0.15) is 12.4 Å². The Hall–Kier alpha value is -1.60. The summed E-state index contributed by atoms with van der Waals surface area (Å²) in [5.74, 6) is 0.294. The highest BCUT2D eigenvalue weighted by Crippen LogP contribution is 2.24. The molecule has 0 atom stereocenters. The minimum atomic E-state index is -0.500. The van der Waals surface area contributed by atoms with Crippen LogP contribution in [-0.4, -0.2) is 38.6 Å². The van der Waals surface area contributed by atoms with Crippen molar-refractivity contribution in [2.75, 3.05) is 13.1 Å². The minimum Gasteiger partial charge on any atom is -0.507 e. The maximum atomic E-state index is 9.95. The van der Waals surface area contributed by atoms with Gasteiger partial charge in [0.15, 0.2) is 0 Å². The number of phenols is 1. The lowest BCUT2D eigenvalue weighted by Crippen LogP contribution is -2.30. The van der Waals surface area contributed by atoms with Crippen LogP contribution in [0, 0.1) is 13.8 Å². The van der Waals surface area contributed by atoms with E-state index in [0.717, 1.165) is 29.8 Å². The van der Waals surface area contributed by atoms with E-state index in [2.05, 4.69) is 18.0 Å². The van der Waals surface area contributed by atoms with Crippen molar-refractivity contribution in [3.63, 3.8) is 0 Å². The van der Waals surface area contributed by atoms with Crippen molar-refractivity contribution in [1.29, 1.82) is 0 Å². The Bertz CT molecular complexity index is 514. The van der Waals surface area contributed by atoms with E-state index in [0.29, 0.717) is 17.5 Å². The number of ether oxygens (including phenoxy) is 1. The molecule has 1 aromatic carbocycles. The highest BCUT2D eigenvalue weighted by atomic mass is 32.1. The third-order valence-corrected chi connectivity index (χ3v) is 3.27. The molecule has 22 heavy (non-hydrogen) atoms. The molecule has 0 aliphatic rings. The highest BCUT2D eigenvalue weighted by Gasteiger charge is 2.10. The molecule has 124 valence electrons. The van der Waals surface area contributed by atoms with Crippen molar-refractivity contribution in [3.05, 3.63) is 28.8 Å². The molecule has 0 fully saturated rings. The molecule has 7 heteroatoms. The average molecular weight is 345 g/mol. The summed E-state index contributed by atoms with van der Waals surface area (Å²) in [6, 6.07) is 3.87. The van der Waals surface area contributed by atoms with Crippen LogP contribution in [0.25, 0.3) is 0 Å². The fraction of sp³-hybridized carbons (Fsp3) is 0.467. The number of aromatic hydroxyl groups is 1. The number of benzene rings is 1. The summed E-state index contributed by atoms with van der Waals surface area (Å²) in [5, 5.41) is 17.5. The van der Waals surface area contributed by atoms with Gasteiger partial charge in [0.25, 0.3) is 10.3 Å². The second-order valence-electron chi connectivity index (χ2n) is 4.65. The Morgan fingerprint density at radius 3 is 2.18 bits per heavy atom. The zero-order chi connectivity index (χ0) is 17.3. The molecule has 0 saturated carbocycles. The van der Waals surface area contributed by atoms with E-state index >= 15 is 0 Å². The first-order valence-electron chi connectivity index (χ1n) is 6.92. The van der Waals surface area contributed by atoms with Gasteiger partial charge in [0.2, 0.25) is 0 Å². The van der Waals surface area contributed by atoms with Crippen LogP contribution in [0.15, 0.2) is 12.1 Å². The minimum absolute atomic E-state index is 0.294. The van der Waals surface area contributed by atoms with Gasteiger partial charge in [-0.1, -0.05) is 11.6 Å². The van der Waals surface area contributed by atoms with Crippen molar-refractivity contribution < 1.29 is 14.9 Å². The Balaban J connectivity index is 0.000000980. The molecule has 0 aromatic heterocycles. The zero-order valence-corrected chi connectivity index (χ0v) is 15.1. The Kier molecular flexibility index (Phi) is 9.44. The lowest BCUT2D eigenvalue weighted by Gasteiger charge is -2.21. The van der Waals surface area contributed by atoms with Gasteiger partial charge in [0, 0.05) is 18.7 Å². The van der Waals surface area contributed by atoms with Crippen molar-refractivity contribution in [3.8, 4) is 5.75 Å². The first kappa shape index (κ1) is 20.4. The summed E-state index contributed by atoms with van der Waals surface area (Å²) < 4.78 is 5.56. The molecule has 0 radical (unpaired) electrons. The fourth-order valence-electron chi connectivity index (χ4n) is 1.87. The monoisotopic (exact) mass is 344 g/mol. The molecule has 1 rings (SSSR count). The molecule has 0 bridgehead atoms. The number of phenolic OH excluding ortho intramolecular Hbond substituents is 1. The molecule has 0 amide bonds. The normalized spacial score (nSPS) is 9.45. The molecule has 0 spiro atoms. The summed E-state index contributed by atoms with van der Waals surface area (Å²) in [4.78, 5) is 1.97. The molecular formula is C15H24N2O3S2. The maximum Gasteiger partial charge on any atom is 0.259 e. The molecule has 0 aliphatic heterocycles. The zero-order valence-electron chi connectivity index (χ0n) is 13.4. The van der Waals surface area contributed by atoms with Crippen LogP contribution < -0.4 is 5.73 Å². The lowest BCUT2D eigenvalue weighted by molar-refractivity contribution is 0.235. The number of hydrogen-bond donors (Lipinski definition) is 3. The fourth-order valence-corrected chi connectivity index (χ4v) is 2.19. The van der Waals surface area contributed by atoms with E-state index < -0.39 is 5.17 Å². The van der Waals surface area contributed by atoms with Gasteiger partial charge in [-0.15, -0.1) is 0 Å². The Labute approximate surface area is 142 Å². The first-order valence-corrected chi connectivity index (χ1v) is 7.73. The summed E-state index contributed by atoms with van der Waals surface area (Å²) in [5.41, 5.74) is 7.15. The molecule has 5 nitrogen and oxygen atoms in total. The van der Waals surface area contributed by atoms with Gasteiger partial charge in [-0.25, -0.2) is 0 Å². The quantitative estimate of drug-likeness (QED) is 0.725. The van der Waals surface area contributed by atoms with Crippen LogP contribution in [0.1, 0.15) is 30.5 Å². The number of aliphatic hydroxyl groups excluding tert-OH is 1. The molecule has 0 heterocycles. The van der Waals surface area contributed by atoms with Gasteiger partial charge in [-0.2, -0.15) is 0 Å². The van der Waals surface area contributed by atoms with Crippen molar-refractivity contribution >= 4 is 34.8 Å². The van der Waals surface area contributed by atoms with Gasteiger partial charge in [0.05, 0.1) is 0 Å². The smallest absolute Gasteiger partial charge is 0.259 e. The van der Waals surface area contributed by atoms with Crippen LogP contribution in [0.4, 0.5) is 0 Å². The maximum absolute atomic E-state index is 9.95. The third-order valence-electron chi connectivity index (χ3n) is 2.90. The number of nitrogens with zero attached hydrogens (tertiary/aromatic N) is 1. The topological polar surface area (TPSA) is 79.0 Å². The molecule has 4 N–H and O–H groups in total. The number of thiocarbonyl (C=S) groups is 2. The largest absolute Gasteiger partial charge is 0.507 e. The second-order valence-corrected chi connectivity index (χ2v) is 5.42.